The van der Waals surface area contributed by atoms with Crippen LogP contribution >= 0.6 is 0 Å². The van der Waals surface area contributed by atoms with Crippen LogP contribution in [-0.4, -0.2) is 9.13 Å². The summed E-state index contributed by atoms with van der Waals surface area (Å²) >= 11 is 0. The molecule has 0 N–H and O–H groups in total. The Kier molecular flexibility index (Phi) is 5.32. The van der Waals surface area contributed by atoms with E-state index in [2.05, 4.69) is 155 Å². The Hall–Kier alpha value is -6.57. The Bertz CT molecular complexity index is 2880. The van der Waals surface area contributed by atoms with Crippen molar-refractivity contribution in [3.8, 4) is 28.6 Å². The Morgan fingerprint density at radius 1 is 0.426 bits per heavy atom. The second kappa shape index (κ2) is 9.71. The summed E-state index contributed by atoms with van der Waals surface area (Å²) in [6.07, 6.45) is 0. The molecule has 10 aromatic rings. The Morgan fingerprint density at radius 2 is 0.979 bits per heavy atom. The van der Waals surface area contributed by atoms with Gasteiger partial charge in [0.25, 0.3) is 0 Å². The topological polar surface area (TPSA) is 46.8 Å². The molecule has 0 amide bonds. The molecule has 47 heavy (non-hydrogen) atoms. The largest absolute Gasteiger partial charge is 0.456 e. The summed E-state index contributed by atoms with van der Waals surface area (Å²) in [5.74, 6) is 0. The first-order valence-corrected chi connectivity index (χ1v) is 15.8. The van der Waals surface area contributed by atoms with Gasteiger partial charge in [-0.25, -0.2) is 0 Å². The van der Waals surface area contributed by atoms with Gasteiger partial charge in [0, 0.05) is 38.1 Å². The first-order chi connectivity index (χ1) is 23.3. The summed E-state index contributed by atoms with van der Waals surface area (Å²) in [6.45, 7) is 0. The second-order valence-electron chi connectivity index (χ2n) is 12.0. The van der Waals surface area contributed by atoms with Crippen molar-refractivity contribution in [1.29, 1.82) is 5.26 Å². The average Bonchev–Trinajstić information content (AvgIpc) is 3.79. The van der Waals surface area contributed by atoms with E-state index in [9.17, 15) is 5.26 Å². The number of benzene rings is 7. The Morgan fingerprint density at radius 3 is 1.70 bits per heavy atom. The molecule has 0 spiro atoms. The fourth-order valence-corrected chi connectivity index (χ4v) is 7.66. The third-order valence-corrected chi connectivity index (χ3v) is 9.59. The maximum Gasteiger partial charge on any atom is 0.137 e. The van der Waals surface area contributed by atoms with Crippen LogP contribution in [0.15, 0.2) is 156 Å². The van der Waals surface area contributed by atoms with Crippen molar-refractivity contribution < 1.29 is 4.42 Å². The average molecular weight is 600 g/mol. The quantitative estimate of drug-likeness (QED) is 0.203. The van der Waals surface area contributed by atoms with Crippen LogP contribution in [0.4, 0.5) is 0 Å². The maximum atomic E-state index is 11.0. The number of fused-ring (bicyclic) bond motifs is 10. The van der Waals surface area contributed by atoms with Crippen LogP contribution in [0.3, 0.4) is 0 Å². The van der Waals surface area contributed by atoms with Crippen molar-refractivity contribution in [2.75, 3.05) is 0 Å². The summed E-state index contributed by atoms with van der Waals surface area (Å²) in [4.78, 5) is 0. The van der Waals surface area contributed by atoms with Crippen LogP contribution in [0.25, 0.3) is 88.1 Å². The zero-order valence-corrected chi connectivity index (χ0v) is 25.2. The van der Waals surface area contributed by atoms with Gasteiger partial charge in [0.05, 0.1) is 44.4 Å². The predicted molar refractivity (Wildman–Crippen MR) is 193 cm³/mol. The molecule has 0 saturated heterocycles. The molecule has 0 fully saturated rings. The molecular formula is C43H25N3O. The van der Waals surface area contributed by atoms with Crippen molar-refractivity contribution in [2.24, 2.45) is 0 Å². The summed E-state index contributed by atoms with van der Waals surface area (Å²) in [7, 11) is 0. The molecule has 4 nitrogen and oxygen atoms in total. The van der Waals surface area contributed by atoms with Gasteiger partial charge in [-0.3, -0.25) is 0 Å². The minimum absolute atomic E-state index is 0.619. The van der Waals surface area contributed by atoms with Gasteiger partial charge in [0.1, 0.15) is 17.2 Å². The molecule has 3 heterocycles. The molecule has 0 aliphatic rings. The van der Waals surface area contributed by atoms with Crippen LogP contribution in [0, 0.1) is 11.3 Å². The summed E-state index contributed by atoms with van der Waals surface area (Å²) < 4.78 is 10.9. The van der Waals surface area contributed by atoms with Crippen molar-refractivity contribution >= 4 is 65.6 Å². The molecule has 10 rings (SSSR count). The zero-order chi connectivity index (χ0) is 31.1. The zero-order valence-electron chi connectivity index (χ0n) is 25.2. The minimum atomic E-state index is 0.619. The van der Waals surface area contributed by atoms with E-state index >= 15 is 0 Å². The fourth-order valence-electron chi connectivity index (χ4n) is 7.66. The van der Waals surface area contributed by atoms with Gasteiger partial charge in [0.2, 0.25) is 0 Å². The van der Waals surface area contributed by atoms with E-state index in [1.165, 1.54) is 10.8 Å². The lowest BCUT2D eigenvalue weighted by Gasteiger charge is -2.17. The molecule has 7 aromatic carbocycles. The molecule has 0 saturated carbocycles. The van der Waals surface area contributed by atoms with Gasteiger partial charge in [-0.05, 0) is 48.5 Å². The van der Waals surface area contributed by atoms with E-state index in [-0.39, 0.29) is 0 Å². The highest BCUT2D eigenvalue weighted by molar-refractivity contribution is 6.24. The van der Waals surface area contributed by atoms with Crippen molar-refractivity contribution in [1.82, 2.24) is 9.13 Å². The third-order valence-electron chi connectivity index (χ3n) is 9.59. The van der Waals surface area contributed by atoms with Crippen molar-refractivity contribution in [2.45, 2.75) is 0 Å². The van der Waals surface area contributed by atoms with Crippen LogP contribution < -0.4 is 0 Å². The molecular weight excluding hydrogens is 574 g/mol. The molecule has 3 aromatic heterocycles. The van der Waals surface area contributed by atoms with Gasteiger partial charge in [-0.15, -0.1) is 0 Å². The van der Waals surface area contributed by atoms with E-state index in [0.717, 1.165) is 77.3 Å². The highest BCUT2D eigenvalue weighted by atomic mass is 16.3. The van der Waals surface area contributed by atoms with E-state index < -0.39 is 0 Å². The standard InChI is InChI=1S/C43H25N3O/c44-26-34-27(28-12-1-6-18-35(28)45-36-19-7-2-13-29(36)30-14-3-8-20-37(30)45)17-11-22-39(34)46-38-21-9-4-15-31(38)32-24-25-41-42(43(32)46)33-16-5-10-23-40(33)47-41/h1-25H. The highest BCUT2D eigenvalue weighted by Crippen LogP contribution is 2.43. The monoisotopic (exact) mass is 599 g/mol. The SMILES string of the molecule is N#Cc1c(-c2ccccc2-n2c3ccccc3c3ccccc32)cccc1-n1c2ccccc2c2ccc3oc4ccccc4c3c21. The number of nitrogens with zero attached hydrogens (tertiary/aromatic N) is 3. The number of nitriles is 1. The van der Waals surface area contributed by atoms with E-state index in [0.29, 0.717) is 5.56 Å². The van der Waals surface area contributed by atoms with Crippen molar-refractivity contribution in [3.05, 3.63) is 157 Å². The van der Waals surface area contributed by atoms with E-state index in [4.69, 9.17) is 4.42 Å². The normalized spacial score (nSPS) is 11.8. The van der Waals surface area contributed by atoms with Gasteiger partial charge in [-0.1, -0.05) is 103 Å². The van der Waals surface area contributed by atoms with Crippen LogP contribution in [0.1, 0.15) is 5.56 Å². The van der Waals surface area contributed by atoms with Gasteiger partial charge >= 0.3 is 0 Å². The molecule has 0 atom stereocenters. The molecule has 4 heteroatoms. The lowest BCUT2D eigenvalue weighted by molar-refractivity contribution is 0.669. The number of hydrogen-bond donors (Lipinski definition) is 0. The molecule has 0 aliphatic carbocycles. The number of rotatable bonds is 3. The second-order valence-corrected chi connectivity index (χ2v) is 12.0. The molecule has 0 aliphatic heterocycles. The number of furan rings is 1. The predicted octanol–water partition coefficient (Wildman–Crippen LogP) is 11.3. The smallest absolute Gasteiger partial charge is 0.137 e. The van der Waals surface area contributed by atoms with Crippen molar-refractivity contribution in [3.63, 3.8) is 0 Å². The van der Waals surface area contributed by atoms with E-state index in [1.54, 1.807) is 0 Å². The van der Waals surface area contributed by atoms with E-state index in [1.807, 2.05) is 12.1 Å². The lowest BCUT2D eigenvalue weighted by atomic mass is 9.96. The maximum absolute atomic E-state index is 11.0. The third kappa shape index (κ3) is 3.51. The Labute approximate surface area is 269 Å². The molecule has 218 valence electrons. The summed E-state index contributed by atoms with van der Waals surface area (Å²) in [5, 5.41) is 17.8. The first-order valence-electron chi connectivity index (χ1n) is 15.8. The van der Waals surface area contributed by atoms with Gasteiger partial charge in [0.15, 0.2) is 0 Å². The fraction of sp³-hybridized carbons (Fsp3) is 0. The van der Waals surface area contributed by atoms with Crippen LogP contribution in [-0.2, 0) is 0 Å². The molecule has 0 bridgehead atoms. The van der Waals surface area contributed by atoms with Gasteiger partial charge in [-0.2, -0.15) is 5.26 Å². The molecule has 0 radical (unpaired) electrons. The Balaban J connectivity index is 1.31. The number of para-hydroxylation sites is 5. The molecule has 0 unspecified atom stereocenters. The number of hydrogen-bond acceptors (Lipinski definition) is 2. The highest BCUT2D eigenvalue weighted by Gasteiger charge is 2.23. The van der Waals surface area contributed by atoms with Crippen LogP contribution in [0.2, 0.25) is 0 Å². The summed E-state index contributed by atoms with van der Waals surface area (Å²) in [5.41, 5.74) is 10.4. The first kappa shape index (κ1) is 25.7. The van der Waals surface area contributed by atoms with Crippen LogP contribution in [0.5, 0.6) is 0 Å². The lowest BCUT2D eigenvalue weighted by Crippen LogP contribution is -2.02. The summed E-state index contributed by atoms with van der Waals surface area (Å²) in [6, 6.07) is 55.2. The minimum Gasteiger partial charge on any atom is -0.456 e. The number of aromatic nitrogens is 2. The van der Waals surface area contributed by atoms with Gasteiger partial charge < -0.3 is 13.6 Å².